The minimum atomic E-state index is -1.27. The van der Waals surface area contributed by atoms with Gasteiger partial charge in [0.1, 0.15) is 11.8 Å². The molecule has 0 fully saturated rings. The molecular weight excluding hydrogens is 278 g/mol. The molecule has 1 amide bonds. The lowest BCUT2D eigenvalue weighted by atomic mass is 10.0. The Hall–Kier alpha value is -2.57. The smallest absolute Gasteiger partial charge is 0.335 e. The third-order valence-electron chi connectivity index (χ3n) is 3.31. The van der Waals surface area contributed by atoms with Crippen molar-refractivity contribution in [2.45, 2.75) is 32.4 Å². The van der Waals surface area contributed by atoms with Crippen LogP contribution in [0.1, 0.15) is 31.1 Å². The molecule has 1 aromatic carbocycles. The van der Waals surface area contributed by atoms with Gasteiger partial charge in [-0.25, -0.2) is 9.59 Å². The van der Waals surface area contributed by atoms with Crippen molar-refractivity contribution >= 4 is 23.5 Å². The molecule has 1 unspecified atom stereocenters. The number of nitrogens with zero attached hydrogens (tertiary/aromatic N) is 1. The Morgan fingerprint density at radius 2 is 1.90 bits per heavy atom. The van der Waals surface area contributed by atoms with Crippen LogP contribution >= 0.6 is 0 Å². The van der Waals surface area contributed by atoms with Gasteiger partial charge in [0.2, 0.25) is 0 Å². The number of aromatic carboxylic acids is 1. The van der Waals surface area contributed by atoms with Gasteiger partial charge in [0.25, 0.3) is 5.91 Å². The fourth-order valence-electron chi connectivity index (χ4n) is 2.14. The van der Waals surface area contributed by atoms with Gasteiger partial charge in [-0.2, -0.15) is 0 Å². The Bertz CT molecular complexity index is 636. The number of benzene rings is 1. The molecule has 0 aromatic heterocycles. The topological polar surface area (TPSA) is 104 Å². The molecule has 1 aliphatic rings. The van der Waals surface area contributed by atoms with E-state index in [1.54, 1.807) is 0 Å². The number of anilines is 1. The van der Waals surface area contributed by atoms with E-state index in [-0.39, 0.29) is 17.0 Å². The second-order valence-electron chi connectivity index (χ2n) is 5.29. The van der Waals surface area contributed by atoms with E-state index >= 15 is 0 Å². The molecule has 1 aliphatic heterocycles. The molecule has 2 N–H and O–H groups in total. The minimum absolute atomic E-state index is 0.00169. The second-order valence-corrected chi connectivity index (χ2v) is 5.29. The van der Waals surface area contributed by atoms with E-state index in [0.717, 1.165) is 4.90 Å². The molecule has 0 spiro atoms. The van der Waals surface area contributed by atoms with Crippen molar-refractivity contribution in [1.29, 1.82) is 0 Å². The molecule has 1 aromatic rings. The number of ether oxygens (including phenoxy) is 1. The SMILES string of the molecule is CC(C(=O)O)N1C(=O)C(C)(C)Oc2cc(C(=O)O)ccc21. The van der Waals surface area contributed by atoms with Gasteiger partial charge in [0.05, 0.1) is 11.3 Å². The highest BCUT2D eigenvalue weighted by Gasteiger charge is 2.44. The monoisotopic (exact) mass is 293 g/mol. The Morgan fingerprint density at radius 3 is 2.43 bits per heavy atom. The highest BCUT2D eigenvalue weighted by molar-refractivity contribution is 6.06. The number of hydrogen-bond donors (Lipinski definition) is 2. The van der Waals surface area contributed by atoms with E-state index in [9.17, 15) is 14.4 Å². The number of carbonyl (C=O) groups is 3. The number of carboxylic acid groups (broad SMARTS) is 2. The Balaban J connectivity index is 2.60. The molecule has 0 saturated carbocycles. The van der Waals surface area contributed by atoms with Crippen molar-refractivity contribution in [3.63, 3.8) is 0 Å². The quantitative estimate of drug-likeness (QED) is 0.872. The van der Waals surface area contributed by atoms with Gasteiger partial charge < -0.3 is 14.9 Å². The van der Waals surface area contributed by atoms with Crippen molar-refractivity contribution in [1.82, 2.24) is 0 Å². The summed E-state index contributed by atoms with van der Waals surface area (Å²) in [5, 5.41) is 18.2. The summed E-state index contributed by atoms with van der Waals surface area (Å²) in [4.78, 5) is 35.7. The van der Waals surface area contributed by atoms with Crippen molar-refractivity contribution in [3.05, 3.63) is 23.8 Å². The van der Waals surface area contributed by atoms with Crippen molar-refractivity contribution in [2.24, 2.45) is 0 Å². The van der Waals surface area contributed by atoms with E-state index in [1.807, 2.05) is 0 Å². The molecule has 0 aliphatic carbocycles. The van der Waals surface area contributed by atoms with Crippen molar-refractivity contribution in [2.75, 3.05) is 4.90 Å². The molecule has 7 heteroatoms. The Labute approximate surface area is 120 Å². The van der Waals surface area contributed by atoms with Gasteiger partial charge >= 0.3 is 11.9 Å². The molecule has 21 heavy (non-hydrogen) atoms. The van der Waals surface area contributed by atoms with Gasteiger partial charge in [-0.3, -0.25) is 9.69 Å². The normalized spacial score (nSPS) is 17.7. The first kappa shape index (κ1) is 14.8. The number of fused-ring (bicyclic) bond motifs is 1. The van der Waals surface area contributed by atoms with Crippen molar-refractivity contribution < 1.29 is 29.3 Å². The third-order valence-corrected chi connectivity index (χ3v) is 3.31. The number of aliphatic carboxylic acids is 1. The zero-order valence-electron chi connectivity index (χ0n) is 11.8. The highest BCUT2D eigenvalue weighted by Crippen LogP contribution is 2.39. The predicted octanol–water partition coefficient (Wildman–Crippen LogP) is 1.36. The molecule has 0 radical (unpaired) electrons. The maximum atomic E-state index is 12.4. The Morgan fingerprint density at radius 1 is 1.29 bits per heavy atom. The maximum Gasteiger partial charge on any atom is 0.335 e. The van der Waals surface area contributed by atoms with Gasteiger partial charge in [0, 0.05) is 0 Å². The van der Waals surface area contributed by atoms with Crippen LogP contribution in [0, 0.1) is 0 Å². The lowest BCUT2D eigenvalue weighted by Gasteiger charge is -2.40. The van der Waals surface area contributed by atoms with Gasteiger partial charge in [0.15, 0.2) is 5.60 Å². The summed E-state index contributed by atoms with van der Waals surface area (Å²) in [5.41, 5.74) is -1.02. The predicted molar refractivity (Wildman–Crippen MR) is 72.7 cm³/mol. The molecular formula is C14H15NO6. The number of carboxylic acids is 2. The lowest BCUT2D eigenvalue weighted by Crippen LogP contribution is -2.57. The van der Waals surface area contributed by atoms with Crippen LogP contribution in [0.4, 0.5) is 5.69 Å². The molecule has 0 saturated heterocycles. The zero-order chi connectivity index (χ0) is 15.9. The van der Waals surface area contributed by atoms with E-state index in [1.165, 1.54) is 39.0 Å². The van der Waals surface area contributed by atoms with Crippen LogP contribution in [0.15, 0.2) is 18.2 Å². The summed E-state index contributed by atoms with van der Waals surface area (Å²) in [6, 6.07) is 2.88. The van der Waals surface area contributed by atoms with Crippen LogP contribution < -0.4 is 9.64 Å². The first-order valence-corrected chi connectivity index (χ1v) is 6.28. The summed E-state index contributed by atoms with van der Waals surface area (Å²) in [6.45, 7) is 4.40. The average molecular weight is 293 g/mol. The molecule has 1 atom stereocenters. The van der Waals surface area contributed by atoms with Gasteiger partial charge in [-0.05, 0) is 39.0 Å². The van der Waals surface area contributed by atoms with E-state index in [4.69, 9.17) is 14.9 Å². The molecule has 1 heterocycles. The minimum Gasteiger partial charge on any atom is -0.480 e. The molecule has 2 rings (SSSR count). The summed E-state index contributed by atoms with van der Waals surface area (Å²) < 4.78 is 5.54. The summed E-state index contributed by atoms with van der Waals surface area (Å²) in [7, 11) is 0. The number of amides is 1. The Kier molecular flexibility index (Phi) is 3.36. The number of carbonyl (C=O) groups excluding carboxylic acids is 1. The first-order chi connectivity index (χ1) is 9.65. The number of hydrogen-bond acceptors (Lipinski definition) is 4. The largest absolute Gasteiger partial charge is 0.480 e. The standard InChI is InChI=1S/C14H15NO6/c1-7(11(16)17)15-9-5-4-8(12(18)19)6-10(9)21-14(2,3)13(15)20/h4-7H,1-3H3,(H,16,17)(H,18,19). The second kappa shape index (κ2) is 4.76. The van der Waals surface area contributed by atoms with Gasteiger partial charge in [-0.1, -0.05) is 0 Å². The van der Waals surface area contributed by atoms with Crippen LogP contribution in [-0.4, -0.2) is 39.7 Å². The molecule has 0 bridgehead atoms. The third kappa shape index (κ3) is 2.42. The summed E-state index contributed by atoms with van der Waals surface area (Å²) in [5.74, 6) is -2.61. The van der Waals surface area contributed by atoms with Crippen LogP contribution in [0.25, 0.3) is 0 Å². The zero-order valence-corrected chi connectivity index (χ0v) is 11.8. The molecule has 7 nitrogen and oxygen atoms in total. The van der Waals surface area contributed by atoms with Crippen LogP contribution in [0.3, 0.4) is 0 Å². The maximum absolute atomic E-state index is 12.4. The molecule has 112 valence electrons. The van der Waals surface area contributed by atoms with E-state index in [0.29, 0.717) is 0 Å². The van der Waals surface area contributed by atoms with Gasteiger partial charge in [-0.15, -0.1) is 0 Å². The van der Waals surface area contributed by atoms with E-state index in [2.05, 4.69) is 0 Å². The number of rotatable bonds is 3. The fraction of sp³-hybridized carbons (Fsp3) is 0.357. The fourth-order valence-corrected chi connectivity index (χ4v) is 2.14. The highest BCUT2D eigenvalue weighted by atomic mass is 16.5. The van der Waals surface area contributed by atoms with Crippen LogP contribution in [-0.2, 0) is 9.59 Å². The van der Waals surface area contributed by atoms with Crippen LogP contribution in [0.5, 0.6) is 5.75 Å². The summed E-state index contributed by atoms with van der Waals surface area (Å²) in [6.07, 6.45) is 0. The van der Waals surface area contributed by atoms with Crippen molar-refractivity contribution in [3.8, 4) is 5.75 Å². The summed E-state index contributed by atoms with van der Waals surface area (Å²) >= 11 is 0. The van der Waals surface area contributed by atoms with Crippen LogP contribution in [0.2, 0.25) is 0 Å². The lowest BCUT2D eigenvalue weighted by molar-refractivity contribution is -0.142. The average Bonchev–Trinajstić information content (AvgIpc) is 2.38. The first-order valence-electron chi connectivity index (χ1n) is 6.28. The van der Waals surface area contributed by atoms with E-state index < -0.39 is 29.5 Å².